The largest absolute Gasteiger partial charge is 0.494 e. The molecule has 0 unspecified atom stereocenters. The maximum absolute atomic E-state index is 11.9. The molecule has 0 bridgehead atoms. The van der Waals surface area contributed by atoms with Gasteiger partial charge in [-0.05, 0) is 42.8 Å². The van der Waals surface area contributed by atoms with Crippen molar-refractivity contribution in [2.45, 2.75) is 33.4 Å². The fraction of sp³-hybridized carbons (Fsp3) is 0.333. The summed E-state index contributed by atoms with van der Waals surface area (Å²) in [4.78, 5) is 16.6. The molecule has 0 spiro atoms. The van der Waals surface area contributed by atoms with Gasteiger partial charge >= 0.3 is 0 Å². The van der Waals surface area contributed by atoms with E-state index in [4.69, 9.17) is 16.3 Å². The highest BCUT2D eigenvalue weighted by Gasteiger charge is 2.12. The Morgan fingerprint density at radius 3 is 2.67 bits per heavy atom. The predicted molar refractivity (Wildman–Crippen MR) is 108 cm³/mol. The minimum absolute atomic E-state index is 0.0275. The number of imidazole rings is 1. The van der Waals surface area contributed by atoms with Gasteiger partial charge < -0.3 is 14.6 Å². The fourth-order valence-corrected chi connectivity index (χ4v) is 2.95. The van der Waals surface area contributed by atoms with Crippen molar-refractivity contribution < 1.29 is 9.53 Å². The van der Waals surface area contributed by atoms with E-state index in [1.165, 1.54) is 0 Å². The number of amides is 1. The van der Waals surface area contributed by atoms with Crippen LogP contribution in [0.5, 0.6) is 5.75 Å². The first-order valence-corrected chi connectivity index (χ1v) is 9.52. The zero-order valence-electron chi connectivity index (χ0n) is 15.6. The van der Waals surface area contributed by atoms with Crippen LogP contribution in [0.4, 0.5) is 0 Å². The number of hydrogen-bond acceptors (Lipinski definition) is 3. The summed E-state index contributed by atoms with van der Waals surface area (Å²) in [6, 6.07) is 15.4. The number of benzene rings is 2. The molecule has 0 fully saturated rings. The van der Waals surface area contributed by atoms with Crippen LogP contribution in [0.15, 0.2) is 48.5 Å². The van der Waals surface area contributed by atoms with Crippen LogP contribution in [0.1, 0.15) is 26.1 Å². The van der Waals surface area contributed by atoms with Gasteiger partial charge in [0, 0.05) is 17.5 Å². The normalized spacial score (nSPS) is 11.1. The molecule has 5 nitrogen and oxygen atoms in total. The second-order valence-corrected chi connectivity index (χ2v) is 7.13. The van der Waals surface area contributed by atoms with Crippen molar-refractivity contribution in [2.24, 2.45) is 5.92 Å². The Hall–Kier alpha value is -2.53. The van der Waals surface area contributed by atoms with Crippen LogP contribution in [-0.2, 0) is 17.9 Å². The monoisotopic (exact) mass is 385 g/mol. The lowest BCUT2D eigenvalue weighted by atomic mass is 10.2. The molecule has 1 amide bonds. The number of carbonyl (C=O) groups is 1. The predicted octanol–water partition coefficient (Wildman–Crippen LogP) is 4.43. The molecule has 0 aliphatic rings. The van der Waals surface area contributed by atoms with Crippen molar-refractivity contribution in [3.63, 3.8) is 0 Å². The quantitative estimate of drug-likeness (QED) is 0.583. The number of fused-ring (bicyclic) bond motifs is 1. The Morgan fingerprint density at radius 1 is 1.19 bits per heavy atom. The molecule has 1 N–H and O–H groups in total. The summed E-state index contributed by atoms with van der Waals surface area (Å²) >= 11 is 5.89. The SMILES string of the molecule is CC(C)C(=O)NCc1nc2ccccc2n1CCCOc1ccc(Cl)cc1. The van der Waals surface area contributed by atoms with Gasteiger partial charge in [-0.1, -0.05) is 37.6 Å². The van der Waals surface area contributed by atoms with E-state index < -0.39 is 0 Å². The van der Waals surface area contributed by atoms with E-state index >= 15 is 0 Å². The second-order valence-electron chi connectivity index (χ2n) is 6.70. The van der Waals surface area contributed by atoms with Gasteiger partial charge in [0.2, 0.25) is 5.91 Å². The van der Waals surface area contributed by atoms with Crippen LogP contribution in [-0.4, -0.2) is 22.1 Å². The summed E-state index contributed by atoms with van der Waals surface area (Å²) in [5, 5.41) is 3.65. The summed E-state index contributed by atoms with van der Waals surface area (Å²) in [6.45, 7) is 5.54. The van der Waals surface area contributed by atoms with E-state index in [0.717, 1.165) is 35.6 Å². The van der Waals surface area contributed by atoms with E-state index in [0.29, 0.717) is 18.2 Å². The van der Waals surface area contributed by atoms with Crippen LogP contribution in [0.3, 0.4) is 0 Å². The van der Waals surface area contributed by atoms with Crippen molar-refractivity contribution in [3.05, 3.63) is 59.4 Å². The Labute approximate surface area is 164 Å². The topological polar surface area (TPSA) is 56.2 Å². The van der Waals surface area contributed by atoms with Crippen molar-refractivity contribution >= 4 is 28.5 Å². The van der Waals surface area contributed by atoms with Crippen LogP contribution in [0, 0.1) is 5.92 Å². The number of carbonyl (C=O) groups excluding carboxylic acids is 1. The highest BCUT2D eigenvalue weighted by atomic mass is 35.5. The average Bonchev–Trinajstić information content (AvgIpc) is 3.02. The number of ether oxygens (including phenoxy) is 1. The third-order valence-corrected chi connectivity index (χ3v) is 4.54. The Bertz CT molecular complexity index is 903. The number of nitrogens with one attached hydrogen (secondary N) is 1. The van der Waals surface area contributed by atoms with Crippen molar-refractivity contribution in [1.29, 1.82) is 0 Å². The standard InChI is InChI=1S/C21H24ClN3O2/c1-15(2)21(26)23-14-20-24-18-6-3-4-7-19(18)25(20)12-5-13-27-17-10-8-16(22)9-11-17/h3-4,6-11,15H,5,12-14H2,1-2H3,(H,23,26). The summed E-state index contributed by atoms with van der Waals surface area (Å²) in [5.74, 6) is 1.64. The Balaban J connectivity index is 1.65. The smallest absolute Gasteiger partial charge is 0.222 e. The molecule has 1 aromatic heterocycles. The minimum Gasteiger partial charge on any atom is -0.494 e. The lowest BCUT2D eigenvalue weighted by Crippen LogP contribution is -2.28. The molecule has 0 atom stereocenters. The third kappa shape index (κ3) is 5.01. The molecule has 0 saturated heterocycles. The van der Waals surface area contributed by atoms with Gasteiger partial charge in [-0.25, -0.2) is 4.98 Å². The maximum Gasteiger partial charge on any atom is 0.222 e. The van der Waals surface area contributed by atoms with Gasteiger partial charge in [0.25, 0.3) is 0 Å². The zero-order valence-corrected chi connectivity index (χ0v) is 16.4. The summed E-state index contributed by atoms with van der Waals surface area (Å²) in [6.07, 6.45) is 0.827. The highest BCUT2D eigenvalue weighted by molar-refractivity contribution is 6.30. The van der Waals surface area contributed by atoms with Crippen LogP contribution >= 0.6 is 11.6 Å². The molecule has 0 aliphatic heterocycles. The van der Waals surface area contributed by atoms with Crippen LogP contribution in [0.2, 0.25) is 5.02 Å². The number of aryl methyl sites for hydroxylation is 1. The molecule has 2 aromatic carbocycles. The zero-order chi connectivity index (χ0) is 19.2. The minimum atomic E-state index is -0.0457. The number of aromatic nitrogens is 2. The number of nitrogens with zero attached hydrogens (tertiary/aromatic N) is 2. The van der Waals surface area contributed by atoms with Crippen molar-refractivity contribution in [2.75, 3.05) is 6.61 Å². The molecule has 6 heteroatoms. The van der Waals surface area contributed by atoms with Gasteiger partial charge in [0.1, 0.15) is 11.6 Å². The maximum atomic E-state index is 11.9. The number of rotatable bonds is 8. The molecule has 1 heterocycles. The number of para-hydroxylation sites is 2. The van der Waals surface area contributed by atoms with Crippen molar-refractivity contribution in [3.8, 4) is 5.75 Å². The molecule has 27 heavy (non-hydrogen) atoms. The van der Waals surface area contributed by atoms with Crippen LogP contribution in [0.25, 0.3) is 11.0 Å². The first kappa shape index (κ1) is 19.2. The van der Waals surface area contributed by atoms with Crippen LogP contribution < -0.4 is 10.1 Å². The first-order chi connectivity index (χ1) is 13.0. The number of halogens is 1. The molecule has 3 rings (SSSR count). The molecule has 0 radical (unpaired) electrons. The average molecular weight is 386 g/mol. The summed E-state index contributed by atoms with van der Waals surface area (Å²) in [5.41, 5.74) is 2.00. The Kier molecular flexibility index (Phi) is 6.35. The van der Waals surface area contributed by atoms with E-state index in [2.05, 4.69) is 20.9 Å². The van der Waals surface area contributed by atoms with Gasteiger partial charge in [0.05, 0.1) is 24.2 Å². The Morgan fingerprint density at radius 2 is 1.93 bits per heavy atom. The third-order valence-electron chi connectivity index (χ3n) is 4.29. The van der Waals surface area contributed by atoms with Crippen molar-refractivity contribution in [1.82, 2.24) is 14.9 Å². The fourth-order valence-electron chi connectivity index (χ4n) is 2.82. The summed E-state index contributed by atoms with van der Waals surface area (Å²) in [7, 11) is 0. The number of hydrogen-bond donors (Lipinski definition) is 1. The van der Waals surface area contributed by atoms with E-state index in [-0.39, 0.29) is 11.8 Å². The lowest BCUT2D eigenvalue weighted by molar-refractivity contribution is -0.124. The summed E-state index contributed by atoms with van der Waals surface area (Å²) < 4.78 is 7.93. The highest BCUT2D eigenvalue weighted by Crippen LogP contribution is 2.18. The van der Waals surface area contributed by atoms with Gasteiger partial charge in [0.15, 0.2) is 0 Å². The van der Waals surface area contributed by atoms with E-state index in [1.807, 2.05) is 56.3 Å². The first-order valence-electron chi connectivity index (χ1n) is 9.15. The molecule has 3 aromatic rings. The molecule has 142 valence electrons. The van der Waals surface area contributed by atoms with E-state index in [1.54, 1.807) is 0 Å². The molecule has 0 saturated carbocycles. The molecular formula is C21H24ClN3O2. The van der Waals surface area contributed by atoms with Gasteiger partial charge in [-0.2, -0.15) is 0 Å². The van der Waals surface area contributed by atoms with E-state index in [9.17, 15) is 4.79 Å². The van der Waals surface area contributed by atoms with Gasteiger partial charge in [-0.15, -0.1) is 0 Å². The molecule has 0 aliphatic carbocycles. The molecular weight excluding hydrogens is 362 g/mol. The lowest BCUT2D eigenvalue weighted by Gasteiger charge is -2.12. The second kappa shape index (κ2) is 8.91. The van der Waals surface area contributed by atoms with Gasteiger partial charge in [-0.3, -0.25) is 4.79 Å².